The lowest BCUT2D eigenvalue weighted by Crippen LogP contribution is -2.32. The topological polar surface area (TPSA) is 21.3 Å². The number of hydrogen-bond acceptors (Lipinski definition) is 2. The molecule has 1 atom stereocenters. The van der Waals surface area contributed by atoms with E-state index in [-0.39, 0.29) is 5.75 Å². The molecular weight excluding hydrogens is 236 g/mol. The highest BCUT2D eigenvalue weighted by Crippen LogP contribution is 2.48. The van der Waals surface area contributed by atoms with Crippen molar-refractivity contribution in [3.8, 4) is 5.75 Å². The van der Waals surface area contributed by atoms with Gasteiger partial charge in [0.1, 0.15) is 5.75 Å². The molecule has 1 aromatic rings. The van der Waals surface area contributed by atoms with E-state index in [2.05, 4.69) is 23.9 Å². The molecule has 1 aliphatic carbocycles. The molecule has 1 fully saturated rings. The average molecular weight is 255 g/mol. The Hall–Kier alpha value is -1.16. The van der Waals surface area contributed by atoms with Gasteiger partial charge in [-0.2, -0.15) is 8.78 Å². The highest BCUT2D eigenvalue weighted by molar-refractivity contribution is 5.33. The molecular formula is C14H19F2NO. The summed E-state index contributed by atoms with van der Waals surface area (Å²) in [6.45, 7) is 2.17. The fraction of sp³-hybridized carbons (Fsp3) is 0.571. The van der Waals surface area contributed by atoms with E-state index in [4.69, 9.17) is 0 Å². The second kappa shape index (κ2) is 5.22. The van der Waals surface area contributed by atoms with Gasteiger partial charge in [0.05, 0.1) is 0 Å². The minimum Gasteiger partial charge on any atom is -0.434 e. The van der Waals surface area contributed by atoms with Crippen LogP contribution < -0.4 is 10.1 Å². The third-order valence-corrected chi connectivity index (χ3v) is 3.87. The highest BCUT2D eigenvalue weighted by atomic mass is 19.3. The molecule has 0 aromatic heterocycles. The quantitative estimate of drug-likeness (QED) is 0.839. The molecule has 0 heterocycles. The van der Waals surface area contributed by atoms with Crippen molar-refractivity contribution in [2.75, 3.05) is 0 Å². The smallest absolute Gasteiger partial charge is 0.387 e. The number of halogens is 2. The van der Waals surface area contributed by atoms with Crippen LogP contribution >= 0.6 is 0 Å². The van der Waals surface area contributed by atoms with E-state index in [0.29, 0.717) is 18.0 Å². The van der Waals surface area contributed by atoms with Crippen molar-refractivity contribution in [3.05, 3.63) is 29.8 Å². The summed E-state index contributed by atoms with van der Waals surface area (Å²) in [4.78, 5) is 0. The van der Waals surface area contributed by atoms with Crippen LogP contribution in [0.4, 0.5) is 8.78 Å². The van der Waals surface area contributed by atoms with Crippen LogP contribution in [0.2, 0.25) is 0 Å². The molecule has 2 nitrogen and oxygen atoms in total. The Kier molecular flexibility index (Phi) is 3.85. The standard InChI is InChI=1S/C14H19F2NO/c1-10(14(2)7-8-14)17-9-11-5-3-4-6-12(11)18-13(15)16/h3-6,10,13,17H,7-9H2,1-2H3. The van der Waals surface area contributed by atoms with E-state index in [9.17, 15) is 8.78 Å². The van der Waals surface area contributed by atoms with Crippen molar-refractivity contribution in [1.29, 1.82) is 0 Å². The van der Waals surface area contributed by atoms with Gasteiger partial charge in [0.2, 0.25) is 0 Å². The first-order valence-corrected chi connectivity index (χ1v) is 6.27. The summed E-state index contributed by atoms with van der Waals surface area (Å²) in [7, 11) is 0. The molecule has 0 spiro atoms. The number of alkyl halides is 2. The molecule has 1 aliphatic rings. The SMILES string of the molecule is CC(NCc1ccccc1OC(F)F)C1(C)CC1. The van der Waals surface area contributed by atoms with Gasteiger partial charge in [-0.05, 0) is 31.2 Å². The van der Waals surface area contributed by atoms with Gasteiger partial charge in [-0.15, -0.1) is 0 Å². The Balaban J connectivity index is 1.96. The zero-order valence-electron chi connectivity index (χ0n) is 10.7. The van der Waals surface area contributed by atoms with Crippen molar-refractivity contribution in [1.82, 2.24) is 5.32 Å². The molecule has 0 radical (unpaired) electrons. The molecule has 0 amide bonds. The van der Waals surface area contributed by atoms with Crippen LogP contribution in [-0.2, 0) is 6.54 Å². The van der Waals surface area contributed by atoms with E-state index < -0.39 is 6.61 Å². The van der Waals surface area contributed by atoms with E-state index in [1.165, 1.54) is 12.8 Å². The van der Waals surface area contributed by atoms with Gasteiger partial charge in [-0.25, -0.2) is 0 Å². The number of benzene rings is 1. The van der Waals surface area contributed by atoms with Crippen LogP contribution in [0, 0.1) is 5.41 Å². The summed E-state index contributed by atoms with van der Waals surface area (Å²) in [6.07, 6.45) is 2.46. The van der Waals surface area contributed by atoms with Gasteiger partial charge in [0.15, 0.2) is 0 Å². The predicted molar refractivity (Wildman–Crippen MR) is 66.7 cm³/mol. The van der Waals surface area contributed by atoms with E-state index in [0.717, 1.165) is 5.56 Å². The average Bonchev–Trinajstić information content (AvgIpc) is 3.06. The fourth-order valence-corrected chi connectivity index (χ4v) is 2.00. The van der Waals surface area contributed by atoms with E-state index in [1.807, 2.05) is 12.1 Å². The second-order valence-corrected chi connectivity index (χ2v) is 5.24. The van der Waals surface area contributed by atoms with Gasteiger partial charge < -0.3 is 10.1 Å². The molecule has 100 valence electrons. The molecule has 1 N–H and O–H groups in total. The fourth-order valence-electron chi connectivity index (χ4n) is 2.00. The Labute approximate surface area is 106 Å². The largest absolute Gasteiger partial charge is 0.434 e. The third-order valence-electron chi connectivity index (χ3n) is 3.87. The number of hydrogen-bond donors (Lipinski definition) is 1. The molecule has 1 unspecified atom stereocenters. The summed E-state index contributed by atoms with van der Waals surface area (Å²) >= 11 is 0. The van der Waals surface area contributed by atoms with Gasteiger partial charge in [-0.1, -0.05) is 25.1 Å². The van der Waals surface area contributed by atoms with Crippen molar-refractivity contribution in [2.24, 2.45) is 5.41 Å². The highest BCUT2D eigenvalue weighted by Gasteiger charge is 2.42. The van der Waals surface area contributed by atoms with Crippen molar-refractivity contribution < 1.29 is 13.5 Å². The molecule has 0 bridgehead atoms. The number of ether oxygens (including phenoxy) is 1. The maximum atomic E-state index is 12.3. The predicted octanol–water partition coefficient (Wildman–Crippen LogP) is 3.57. The van der Waals surface area contributed by atoms with Crippen LogP contribution in [0.5, 0.6) is 5.75 Å². The lowest BCUT2D eigenvalue weighted by Gasteiger charge is -2.21. The Morgan fingerprint density at radius 2 is 2.00 bits per heavy atom. The minimum atomic E-state index is -2.77. The van der Waals surface area contributed by atoms with Gasteiger partial charge in [-0.3, -0.25) is 0 Å². The lowest BCUT2D eigenvalue weighted by atomic mass is 10.0. The minimum absolute atomic E-state index is 0.258. The number of rotatable bonds is 6. The molecule has 0 saturated heterocycles. The molecule has 18 heavy (non-hydrogen) atoms. The number of nitrogens with one attached hydrogen (secondary N) is 1. The molecule has 1 aromatic carbocycles. The van der Waals surface area contributed by atoms with Gasteiger partial charge >= 0.3 is 6.61 Å². The monoisotopic (exact) mass is 255 g/mol. The molecule has 4 heteroatoms. The summed E-state index contributed by atoms with van der Waals surface area (Å²) < 4.78 is 29.0. The van der Waals surface area contributed by atoms with Gasteiger partial charge in [0, 0.05) is 18.2 Å². The van der Waals surface area contributed by atoms with Crippen LogP contribution in [0.1, 0.15) is 32.3 Å². The van der Waals surface area contributed by atoms with Crippen molar-refractivity contribution >= 4 is 0 Å². The Morgan fingerprint density at radius 3 is 2.61 bits per heavy atom. The zero-order chi connectivity index (χ0) is 13.2. The van der Waals surface area contributed by atoms with Crippen molar-refractivity contribution in [2.45, 2.75) is 45.9 Å². The molecule has 0 aliphatic heterocycles. The van der Waals surface area contributed by atoms with E-state index >= 15 is 0 Å². The van der Waals surface area contributed by atoms with Crippen LogP contribution in [-0.4, -0.2) is 12.7 Å². The molecule has 2 rings (SSSR count). The first kappa shape index (κ1) is 13.3. The summed E-state index contributed by atoms with van der Waals surface area (Å²) in [6, 6.07) is 7.31. The van der Waals surface area contributed by atoms with Crippen LogP contribution in [0.25, 0.3) is 0 Å². The van der Waals surface area contributed by atoms with E-state index in [1.54, 1.807) is 12.1 Å². The second-order valence-electron chi connectivity index (χ2n) is 5.24. The first-order chi connectivity index (χ1) is 8.51. The maximum Gasteiger partial charge on any atom is 0.387 e. The summed E-state index contributed by atoms with van der Waals surface area (Å²) in [5.74, 6) is 0.258. The van der Waals surface area contributed by atoms with Gasteiger partial charge in [0.25, 0.3) is 0 Å². The summed E-state index contributed by atoms with van der Waals surface area (Å²) in [5.41, 5.74) is 1.15. The summed E-state index contributed by atoms with van der Waals surface area (Å²) in [5, 5.41) is 3.39. The molecule has 1 saturated carbocycles. The van der Waals surface area contributed by atoms with Crippen LogP contribution in [0.15, 0.2) is 24.3 Å². The first-order valence-electron chi connectivity index (χ1n) is 6.27. The van der Waals surface area contributed by atoms with Crippen molar-refractivity contribution in [3.63, 3.8) is 0 Å². The normalized spacial score (nSPS) is 18.7. The lowest BCUT2D eigenvalue weighted by molar-refractivity contribution is -0.0505. The Bertz CT molecular complexity index is 405. The maximum absolute atomic E-state index is 12.3. The Morgan fingerprint density at radius 1 is 1.33 bits per heavy atom. The number of para-hydroxylation sites is 1. The van der Waals surface area contributed by atoms with Crippen LogP contribution in [0.3, 0.4) is 0 Å². The third kappa shape index (κ3) is 3.19. The zero-order valence-corrected chi connectivity index (χ0v) is 10.7.